The number of fused-ring (bicyclic) bond motifs is 1. The summed E-state index contributed by atoms with van der Waals surface area (Å²) in [6, 6.07) is 17.0. The van der Waals surface area contributed by atoms with Gasteiger partial charge in [0.2, 0.25) is 0 Å². The van der Waals surface area contributed by atoms with E-state index in [0.717, 1.165) is 22.2 Å². The van der Waals surface area contributed by atoms with Crippen LogP contribution < -0.4 is 16.8 Å². The molecule has 2 aromatic carbocycles. The van der Waals surface area contributed by atoms with E-state index in [4.69, 9.17) is 15.0 Å². The Morgan fingerprint density at radius 2 is 1.59 bits per heavy atom. The maximum absolute atomic E-state index is 13.8. The van der Waals surface area contributed by atoms with Gasteiger partial charge in [-0.2, -0.15) is 0 Å². The number of para-hydroxylation sites is 1. The molecule has 0 saturated carbocycles. The Morgan fingerprint density at radius 1 is 0.966 bits per heavy atom. The van der Waals surface area contributed by atoms with Crippen molar-refractivity contribution in [2.24, 2.45) is 5.73 Å². The quantitative estimate of drug-likeness (QED) is 0.697. The highest BCUT2D eigenvalue weighted by Gasteiger charge is 2.52. The van der Waals surface area contributed by atoms with Crippen LogP contribution in [-0.2, 0) is 9.31 Å². The van der Waals surface area contributed by atoms with Crippen LogP contribution >= 0.6 is 0 Å². The Hall–Kier alpha value is -2.41. The first-order valence-corrected chi connectivity index (χ1v) is 9.97. The minimum Gasteiger partial charge on any atom is -0.399 e. The number of benzene rings is 2. The summed E-state index contributed by atoms with van der Waals surface area (Å²) in [6.07, 6.45) is 0. The van der Waals surface area contributed by atoms with Crippen LogP contribution in [-0.4, -0.2) is 22.9 Å². The predicted molar refractivity (Wildman–Crippen MR) is 118 cm³/mol. The topological polar surface area (TPSA) is 66.5 Å². The van der Waals surface area contributed by atoms with E-state index in [1.54, 1.807) is 4.57 Å². The summed E-state index contributed by atoms with van der Waals surface area (Å²) in [5.41, 5.74) is 7.44. The van der Waals surface area contributed by atoms with E-state index in [2.05, 4.69) is 0 Å². The molecule has 0 spiro atoms. The van der Waals surface area contributed by atoms with Crippen molar-refractivity contribution in [3.8, 4) is 5.69 Å². The summed E-state index contributed by atoms with van der Waals surface area (Å²) in [7, 11) is -0.609. The van der Waals surface area contributed by atoms with E-state index in [-0.39, 0.29) is 11.6 Å². The smallest absolute Gasteiger partial charge is 0.399 e. The predicted octanol–water partition coefficient (Wildman–Crippen LogP) is 3.31. The maximum Gasteiger partial charge on any atom is 0.495 e. The second kappa shape index (κ2) is 6.83. The van der Waals surface area contributed by atoms with Crippen molar-refractivity contribution < 1.29 is 9.31 Å². The van der Waals surface area contributed by atoms with E-state index in [0.29, 0.717) is 5.39 Å². The number of hydrogen-bond acceptors (Lipinski definition) is 4. The van der Waals surface area contributed by atoms with E-state index in [9.17, 15) is 4.79 Å². The summed E-state index contributed by atoms with van der Waals surface area (Å²) in [5.74, 6) is 0. The first kappa shape index (κ1) is 19.9. The zero-order valence-corrected chi connectivity index (χ0v) is 17.6. The summed E-state index contributed by atoms with van der Waals surface area (Å²) in [4.78, 5) is 13.8. The third kappa shape index (κ3) is 3.21. The van der Waals surface area contributed by atoms with Crippen LogP contribution in [0.25, 0.3) is 16.5 Å². The fourth-order valence-electron chi connectivity index (χ4n) is 3.75. The van der Waals surface area contributed by atoms with Crippen molar-refractivity contribution in [2.45, 2.75) is 51.9 Å². The molecule has 0 bridgehead atoms. The van der Waals surface area contributed by atoms with Crippen LogP contribution in [0.5, 0.6) is 0 Å². The normalized spacial score (nSPS) is 18.9. The van der Waals surface area contributed by atoms with Crippen molar-refractivity contribution in [1.82, 2.24) is 4.57 Å². The molecule has 1 unspecified atom stereocenters. The third-order valence-corrected chi connectivity index (χ3v) is 6.10. The summed E-state index contributed by atoms with van der Waals surface area (Å²) in [5, 5.41) is 1.43. The van der Waals surface area contributed by atoms with Gasteiger partial charge in [-0.1, -0.05) is 36.4 Å². The maximum atomic E-state index is 13.8. The molecular formula is C23H27BN2O3. The second-order valence-corrected chi connectivity index (χ2v) is 8.73. The van der Waals surface area contributed by atoms with Crippen LogP contribution in [0.2, 0.25) is 0 Å². The Kier molecular flexibility index (Phi) is 4.69. The molecule has 1 aliphatic rings. The average Bonchev–Trinajstić information content (AvgIpc) is 2.89. The zero-order chi connectivity index (χ0) is 21.0. The first-order valence-electron chi connectivity index (χ1n) is 9.97. The second-order valence-electron chi connectivity index (χ2n) is 8.73. The van der Waals surface area contributed by atoms with Crippen LogP contribution in [0.3, 0.4) is 0 Å². The summed E-state index contributed by atoms with van der Waals surface area (Å²) < 4.78 is 14.2. The molecule has 0 aliphatic carbocycles. The van der Waals surface area contributed by atoms with Crippen LogP contribution in [0.4, 0.5) is 0 Å². The van der Waals surface area contributed by atoms with Gasteiger partial charge in [-0.15, -0.1) is 0 Å². The lowest BCUT2D eigenvalue weighted by Gasteiger charge is -2.32. The van der Waals surface area contributed by atoms with Gasteiger partial charge in [0.05, 0.1) is 11.2 Å². The number of nitrogens with two attached hydrogens (primary N) is 1. The van der Waals surface area contributed by atoms with Crippen LogP contribution in [0, 0.1) is 0 Å². The highest BCUT2D eigenvalue weighted by atomic mass is 16.7. The van der Waals surface area contributed by atoms with E-state index < -0.39 is 18.3 Å². The Balaban J connectivity index is 1.99. The molecule has 1 saturated heterocycles. The molecule has 1 fully saturated rings. The lowest BCUT2D eigenvalue weighted by atomic mass is 9.76. The molecule has 1 aromatic heterocycles. The van der Waals surface area contributed by atoms with Crippen molar-refractivity contribution >= 4 is 23.4 Å². The molecule has 2 heterocycles. The van der Waals surface area contributed by atoms with Gasteiger partial charge < -0.3 is 15.0 Å². The molecule has 0 amide bonds. The Bertz CT molecular complexity index is 1100. The fraction of sp³-hybridized carbons (Fsp3) is 0.348. The highest BCUT2D eigenvalue weighted by molar-refractivity contribution is 6.65. The third-order valence-electron chi connectivity index (χ3n) is 6.10. The molecule has 150 valence electrons. The average molecular weight is 390 g/mol. The van der Waals surface area contributed by atoms with Crippen LogP contribution in [0.15, 0.2) is 59.4 Å². The fourth-order valence-corrected chi connectivity index (χ4v) is 3.75. The number of pyridine rings is 1. The molecule has 1 aliphatic heterocycles. The van der Waals surface area contributed by atoms with Gasteiger partial charge in [-0.05, 0) is 63.7 Å². The van der Waals surface area contributed by atoms with Gasteiger partial charge in [0.25, 0.3) is 5.56 Å². The molecule has 0 radical (unpaired) electrons. The number of nitrogens with zero attached hydrogens (tertiary/aromatic N) is 1. The minimum absolute atomic E-state index is 0.119. The summed E-state index contributed by atoms with van der Waals surface area (Å²) >= 11 is 0. The van der Waals surface area contributed by atoms with Crippen molar-refractivity contribution in [3.05, 3.63) is 70.6 Å². The van der Waals surface area contributed by atoms with Gasteiger partial charge in [0.1, 0.15) is 0 Å². The molecule has 3 aromatic rings. The Morgan fingerprint density at radius 3 is 2.17 bits per heavy atom. The number of rotatable bonds is 3. The van der Waals surface area contributed by atoms with Gasteiger partial charge in [0, 0.05) is 22.8 Å². The van der Waals surface area contributed by atoms with Gasteiger partial charge in [-0.3, -0.25) is 9.36 Å². The largest absolute Gasteiger partial charge is 0.495 e. The lowest BCUT2D eigenvalue weighted by Crippen LogP contribution is -2.41. The minimum atomic E-state index is -0.609. The van der Waals surface area contributed by atoms with E-state index >= 15 is 0 Å². The number of aromatic nitrogens is 1. The van der Waals surface area contributed by atoms with Crippen LogP contribution in [0.1, 0.15) is 46.4 Å². The molecule has 6 heteroatoms. The molecule has 2 N–H and O–H groups in total. The molecule has 4 rings (SSSR count). The van der Waals surface area contributed by atoms with Crippen molar-refractivity contribution in [3.63, 3.8) is 0 Å². The van der Waals surface area contributed by atoms with Gasteiger partial charge >= 0.3 is 7.12 Å². The summed E-state index contributed by atoms with van der Waals surface area (Å²) in [6.45, 7) is 9.92. The van der Waals surface area contributed by atoms with Gasteiger partial charge in [-0.25, -0.2) is 0 Å². The molecular weight excluding hydrogens is 363 g/mol. The zero-order valence-electron chi connectivity index (χ0n) is 17.6. The highest BCUT2D eigenvalue weighted by Crippen LogP contribution is 2.37. The van der Waals surface area contributed by atoms with E-state index in [1.807, 2.05) is 89.2 Å². The van der Waals surface area contributed by atoms with Crippen molar-refractivity contribution in [2.75, 3.05) is 0 Å². The standard InChI is InChI=1S/C23H27BN2O3/c1-15(25)19-14-16-10-9-13-18(24-28-22(2,3)23(4,5)29-24)20(16)21(27)26(19)17-11-7-6-8-12-17/h6-15H,25H2,1-5H3. The first-order chi connectivity index (χ1) is 13.6. The van der Waals surface area contributed by atoms with E-state index in [1.165, 1.54) is 0 Å². The SMILES string of the molecule is CC(N)c1cc2cccc(B3OC(C)(C)C(C)(C)O3)c2c(=O)n1-c1ccccc1. The van der Waals surface area contributed by atoms with Gasteiger partial charge in [0.15, 0.2) is 0 Å². The molecule has 5 nitrogen and oxygen atoms in total. The van der Waals surface area contributed by atoms with Crippen molar-refractivity contribution in [1.29, 1.82) is 0 Å². The Labute approximate surface area is 171 Å². The molecule has 1 atom stereocenters. The monoisotopic (exact) mass is 390 g/mol. The molecule has 29 heavy (non-hydrogen) atoms. The lowest BCUT2D eigenvalue weighted by molar-refractivity contribution is 0.00578. The number of hydrogen-bond donors (Lipinski definition) is 1.